The predicted octanol–water partition coefficient (Wildman–Crippen LogP) is -1.49. The summed E-state index contributed by atoms with van der Waals surface area (Å²) < 4.78 is 14.2. The molecule has 0 aromatic heterocycles. The summed E-state index contributed by atoms with van der Waals surface area (Å²) in [6.45, 7) is 3.78. The molecule has 0 aliphatic carbocycles. The Labute approximate surface area is 103 Å². The van der Waals surface area contributed by atoms with E-state index in [0.29, 0.717) is 6.61 Å². The molecule has 8 nitrogen and oxygen atoms in total. The highest BCUT2D eigenvalue weighted by Crippen LogP contribution is 1.97. The topological polar surface area (TPSA) is 123 Å². The SMILES string of the molecule is C=COCCOCCOC(=O)C(O)C(O)C(=O)O. The Kier molecular flexibility index (Phi) is 8.54. The van der Waals surface area contributed by atoms with Gasteiger partial charge in [0.1, 0.15) is 13.2 Å². The first-order valence-corrected chi connectivity index (χ1v) is 5.06. The van der Waals surface area contributed by atoms with Crippen molar-refractivity contribution in [3.8, 4) is 0 Å². The Balaban J connectivity index is 3.64. The largest absolute Gasteiger partial charge is 0.499 e. The van der Waals surface area contributed by atoms with Gasteiger partial charge in [0, 0.05) is 0 Å². The van der Waals surface area contributed by atoms with Crippen LogP contribution in [0.5, 0.6) is 0 Å². The van der Waals surface area contributed by atoms with Gasteiger partial charge < -0.3 is 29.5 Å². The van der Waals surface area contributed by atoms with Gasteiger partial charge in [-0.05, 0) is 0 Å². The average molecular weight is 264 g/mol. The molecular weight excluding hydrogens is 248 g/mol. The van der Waals surface area contributed by atoms with Gasteiger partial charge in [-0.2, -0.15) is 0 Å². The number of esters is 1. The molecule has 0 aromatic rings. The standard InChI is InChI=1S/C10H16O8/c1-2-16-3-4-17-5-6-18-10(15)8(12)7(11)9(13)14/h2,7-8,11-12H,1,3-6H2,(H,13,14). The van der Waals surface area contributed by atoms with E-state index in [-0.39, 0.29) is 19.8 Å². The molecule has 2 atom stereocenters. The van der Waals surface area contributed by atoms with Crippen molar-refractivity contribution in [3.63, 3.8) is 0 Å². The molecule has 0 heterocycles. The molecule has 0 aliphatic rings. The molecule has 2 unspecified atom stereocenters. The van der Waals surface area contributed by atoms with Gasteiger partial charge >= 0.3 is 11.9 Å². The number of rotatable bonds is 10. The van der Waals surface area contributed by atoms with Crippen molar-refractivity contribution in [1.29, 1.82) is 0 Å². The Bertz CT molecular complexity index is 277. The molecule has 0 rings (SSSR count). The Hall–Kier alpha value is -1.64. The number of hydrogen-bond acceptors (Lipinski definition) is 7. The van der Waals surface area contributed by atoms with Crippen molar-refractivity contribution in [3.05, 3.63) is 12.8 Å². The smallest absolute Gasteiger partial charge is 0.338 e. The van der Waals surface area contributed by atoms with E-state index in [9.17, 15) is 9.59 Å². The third kappa shape index (κ3) is 6.84. The third-order valence-corrected chi connectivity index (χ3v) is 1.73. The fraction of sp³-hybridized carbons (Fsp3) is 0.600. The highest BCUT2D eigenvalue weighted by atomic mass is 16.6. The number of carboxylic acids is 1. The van der Waals surface area contributed by atoms with E-state index in [0.717, 1.165) is 0 Å². The van der Waals surface area contributed by atoms with Gasteiger partial charge in [-0.25, -0.2) is 9.59 Å². The molecule has 0 saturated heterocycles. The quantitative estimate of drug-likeness (QED) is 0.248. The summed E-state index contributed by atoms with van der Waals surface area (Å²) in [5, 5.41) is 26.2. The van der Waals surface area contributed by atoms with Crippen molar-refractivity contribution in [1.82, 2.24) is 0 Å². The molecule has 0 saturated carbocycles. The molecule has 0 amide bonds. The van der Waals surface area contributed by atoms with Crippen LogP contribution in [0.4, 0.5) is 0 Å². The summed E-state index contributed by atoms with van der Waals surface area (Å²) in [6, 6.07) is 0. The van der Waals surface area contributed by atoms with Crippen molar-refractivity contribution in [2.75, 3.05) is 26.4 Å². The van der Waals surface area contributed by atoms with Gasteiger partial charge in [-0.15, -0.1) is 0 Å². The number of aliphatic hydroxyl groups is 2. The lowest BCUT2D eigenvalue weighted by Gasteiger charge is -2.13. The number of hydrogen-bond donors (Lipinski definition) is 3. The highest BCUT2D eigenvalue weighted by Gasteiger charge is 2.31. The normalized spacial score (nSPS) is 13.4. The maximum Gasteiger partial charge on any atom is 0.338 e. The van der Waals surface area contributed by atoms with Crippen LogP contribution in [0.3, 0.4) is 0 Å². The molecule has 3 N–H and O–H groups in total. The lowest BCUT2D eigenvalue weighted by molar-refractivity contribution is -0.170. The summed E-state index contributed by atoms with van der Waals surface area (Å²) in [5.74, 6) is -2.94. The zero-order valence-electron chi connectivity index (χ0n) is 9.65. The first kappa shape index (κ1) is 16.4. The molecular formula is C10H16O8. The van der Waals surface area contributed by atoms with Gasteiger partial charge in [-0.1, -0.05) is 6.58 Å². The molecule has 0 aliphatic heterocycles. The number of ether oxygens (including phenoxy) is 3. The predicted molar refractivity (Wildman–Crippen MR) is 57.6 cm³/mol. The molecule has 0 spiro atoms. The van der Waals surface area contributed by atoms with Crippen LogP contribution in [0, 0.1) is 0 Å². The average Bonchev–Trinajstić information content (AvgIpc) is 2.35. The monoisotopic (exact) mass is 264 g/mol. The van der Waals surface area contributed by atoms with Gasteiger partial charge in [0.25, 0.3) is 0 Å². The minimum Gasteiger partial charge on any atom is -0.499 e. The zero-order valence-corrected chi connectivity index (χ0v) is 9.65. The maximum absolute atomic E-state index is 11.0. The summed E-state index contributed by atoms with van der Waals surface area (Å²) in [7, 11) is 0. The van der Waals surface area contributed by atoms with Crippen molar-refractivity contribution in [2.45, 2.75) is 12.2 Å². The maximum atomic E-state index is 11.0. The van der Waals surface area contributed by atoms with E-state index < -0.39 is 24.1 Å². The van der Waals surface area contributed by atoms with Crippen LogP contribution >= 0.6 is 0 Å². The fourth-order valence-electron chi connectivity index (χ4n) is 0.843. The van der Waals surface area contributed by atoms with E-state index in [1.54, 1.807) is 0 Å². The van der Waals surface area contributed by atoms with Gasteiger partial charge in [0.2, 0.25) is 0 Å². The second-order valence-electron chi connectivity index (χ2n) is 3.05. The van der Waals surface area contributed by atoms with Crippen molar-refractivity contribution < 1.29 is 39.1 Å². The first-order valence-electron chi connectivity index (χ1n) is 5.06. The molecule has 0 fully saturated rings. The van der Waals surface area contributed by atoms with E-state index >= 15 is 0 Å². The summed E-state index contributed by atoms with van der Waals surface area (Å²) in [6.07, 6.45) is -3.07. The lowest BCUT2D eigenvalue weighted by atomic mass is 10.2. The van der Waals surface area contributed by atoms with Crippen molar-refractivity contribution >= 4 is 11.9 Å². The van der Waals surface area contributed by atoms with Crippen LogP contribution < -0.4 is 0 Å². The molecule has 8 heteroatoms. The van der Waals surface area contributed by atoms with Crippen LogP contribution in [0.2, 0.25) is 0 Å². The van der Waals surface area contributed by atoms with Crippen LogP contribution in [0.15, 0.2) is 12.8 Å². The van der Waals surface area contributed by atoms with Crippen LogP contribution in [0.25, 0.3) is 0 Å². The zero-order chi connectivity index (χ0) is 14.0. The number of aliphatic carboxylic acids is 1. The van der Waals surface area contributed by atoms with Gasteiger partial charge in [0.15, 0.2) is 12.2 Å². The minimum absolute atomic E-state index is 0.0577. The van der Waals surface area contributed by atoms with Crippen LogP contribution in [0.1, 0.15) is 0 Å². The molecule has 104 valence electrons. The summed E-state index contributed by atoms with van der Waals surface area (Å²) >= 11 is 0. The first-order chi connectivity index (χ1) is 8.50. The number of aliphatic hydroxyl groups excluding tert-OH is 2. The summed E-state index contributed by atoms with van der Waals surface area (Å²) in [5.41, 5.74) is 0. The minimum atomic E-state index is -2.21. The Morgan fingerprint density at radius 3 is 2.28 bits per heavy atom. The Morgan fingerprint density at radius 2 is 1.72 bits per heavy atom. The molecule has 0 radical (unpaired) electrons. The van der Waals surface area contributed by atoms with Gasteiger partial charge in [0.05, 0.1) is 19.5 Å². The highest BCUT2D eigenvalue weighted by molar-refractivity contribution is 5.84. The van der Waals surface area contributed by atoms with E-state index in [1.807, 2.05) is 0 Å². The second-order valence-corrected chi connectivity index (χ2v) is 3.05. The number of carbonyl (C=O) groups excluding carboxylic acids is 1. The fourth-order valence-corrected chi connectivity index (χ4v) is 0.843. The lowest BCUT2D eigenvalue weighted by Crippen LogP contribution is -2.40. The molecule has 0 bridgehead atoms. The van der Waals surface area contributed by atoms with E-state index in [4.69, 9.17) is 24.8 Å². The van der Waals surface area contributed by atoms with E-state index in [2.05, 4.69) is 11.3 Å². The second kappa shape index (κ2) is 9.40. The van der Waals surface area contributed by atoms with Gasteiger partial charge in [-0.3, -0.25) is 0 Å². The molecule has 18 heavy (non-hydrogen) atoms. The summed E-state index contributed by atoms with van der Waals surface area (Å²) in [4.78, 5) is 21.3. The number of carboxylic acid groups (broad SMARTS) is 1. The third-order valence-electron chi connectivity index (χ3n) is 1.73. The van der Waals surface area contributed by atoms with Crippen molar-refractivity contribution in [2.24, 2.45) is 0 Å². The molecule has 0 aromatic carbocycles. The Morgan fingerprint density at radius 1 is 1.11 bits per heavy atom. The van der Waals surface area contributed by atoms with Crippen LogP contribution in [-0.4, -0.2) is 65.9 Å². The van der Waals surface area contributed by atoms with E-state index in [1.165, 1.54) is 6.26 Å². The van der Waals surface area contributed by atoms with Crippen LogP contribution in [-0.2, 0) is 23.8 Å². The number of carbonyl (C=O) groups is 2.